The molecule has 3 heterocycles. The summed E-state index contributed by atoms with van der Waals surface area (Å²) < 4.78 is 37.9. The number of halogens is 2. The Morgan fingerprint density at radius 2 is 2.00 bits per heavy atom. The highest BCUT2D eigenvalue weighted by molar-refractivity contribution is 7.89. The highest BCUT2D eigenvalue weighted by atomic mass is 35.5. The van der Waals surface area contributed by atoms with E-state index in [1.165, 1.54) is 40.1 Å². The molecule has 1 fully saturated rings. The number of imidazole rings is 1. The van der Waals surface area contributed by atoms with E-state index in [9.17, 15) is 27.9 Å². The fraction of sp³-hybridized carbons (Fsp3) is 0.385. The second kappa shape index (κ2) is 13.5. The van der Waals surface area contributed by atoms with Crippen molar-refractivity contribution in [3.8, 4) is 0 Å². The maximum absolute atomic E-state index is 14.1. The lowest BCUT2D eigenvalue weighted by Gasteiger charge is -2.32. The van der Waals surface area contributed by atoms with Gasteiger partial charge in [0, 0.05) is 38.1 Å². The molecule has 42 heavy (non-hydrogen) atoms. The molecule has 3 aromatic rings. The number of sulfonamides is 1. The van der Waals surface area contributed by atoms with Crippen molar-refractivity contribution in [2.75, 3.05) is 24.6 Å². The first kappa shape index (κ1) is 33.5. The topological polar surface area (TPSA) is 160 Å². The standard InChI is InChI=1S/C26H30ClN5O7S2.ClH/c1-4-16-17(32-13-11-18(33)23(32)35)7-6-8-20(16)41(37,38)30-26(25(36)39-5-2,24-28-12-14-31(24)3)15-29-22(34)19-9-10-21(27)40-19;/h6-10,12,14,18,30,33H,4-5,11,13,15H2,1-3H3,(H,29,34);1H/t18-,26-;/m1./s1. The van der Waals surface area contributed by atoms with E-state index < -0.39 is 46.0 Å². The molecule has 0 aliphatic carbocycles. The van der Waals surface area contributed by atoms with Crippen LogP contribution in [0.1, 0.15) is 41.3 Å². The molecule has 0 unspecified atom stereocenters. The second-order valence-corrected chi connectivity index (χ2v) is 12.6. The van der Waals surface area contributed by atoms with Crippen LogP contribution < -0.4 is 14.9 Å². The quantitative estimate of drug-likeness (QED) is 0.265. The number of amides is 2. The summed E-state index contributed by atoms with van der Waals surface area (Å²) in [6.07, 6.45) is 2.19. The first-order valence-electron chi connectivity index (χ1n) is 12.8. The highest BCUT2D eigenvalue weighted by Gasteiger charge is 2.49. The van der Waals surface area contributed by atoms with Gasteiger partial charge in [0.15, 0.2) is 0 Å². The van der Waals surface area contributed by atoms with Crippen molar-refractivity contribution in [2.24, 2.45) is 7.05 Å². The third-order valence-electron chi connectivity index (χ3n) is 6.67. The van der Waals surface area contributed by atoms with Crippen LogP contribution >= 0.6 is 35.3 Å². The van der Waals surface area contributed by atoms with Crippen molar-refractivity contribution >= 4 is 68.8 Å². The van der Waals surface area contributed by atoms with Gasteiger partial charge >= 0.3 is 5.97 Å². The van der Waals surface area contributed by atoms with E-state index in [1.807, 2.05) is 0 Å². The number of anilines is 1. The number of rotatable bonds is 11. The zero-order chi connectivity index (χ0) is 29.9. The van der Waals surface area contributed by atoms with Gasteiger partial charge in [0.25, 0.3) is 11.8 Å². The Hall–Kier alpha value is -3.01. The Labute approximate surface area is 258 Å². The Kier molecular flexibility index (Phi) is 10.8. The van der Waals surface area contributed by atoms with E-state index in [0.29, 0.717) is 15.6 Å². The van der Waals surface area contributed by atoms with E-state index in [1.54, 1.807) is 33.0 Å². The third kappa shape index (κ3) is 6.48. The number of nitrogens with zero attached hydrogens (tertiary/aromatic N) is 3. The molecule has 0 spiro atoms. The molecule has 228 valence electrons. The van der Waals surface area contributed by atoms with Gasteiger partial charge in [-0.05, 0) is 43.2 Å². The van der Waals surface area contributed by atoms with Crippen LogP contribution in [0.2, 0.25) is 4.34 Å². The lowest BCUT2D eigenvalue weighted by atomic mass is 9.99. The SMILES string of the molecule is CCOC(=O)[C@](CNC(=O)c1ccc(Cl)s1)(NS(=O)(=O)c1cccc(N2CC[C@@H](O)C2=O)c1CC)c1nccn1C.Cl. The van der Waals surface area contributed by atoms with Gasteiger partial charge in [-0.2, -0.15) is 4.72 Å². The normalized spacial score (nSPS) is 16.5. The predicted octanol–water partition coefficient (Wildman–Crippen LogP) is 2.38. The van der Waals surface area contributed by atoms with Gasteiger partial charge in [0.2, 0.25) is 15.6 Å². The van der Waals surface area contributed by atoms with Crippen molar-refractivity contribution in [1.29, 1.82) is 0 Å². The summed E-state index contributed by atoms with van der Waals surface area (Å²) in [6, 6.07) is 7.51. The fourth-order valence-electron chi connectivity index (χ4n) is 4.74. The third-order valence-corrected chi connectivity index (χ3v) is 9.47. The zero-order valence-corrected chi connectivity index (χ0v) is 26.2. The number of nitrogens with one attached hydrogen (secondary N) is 2. The number of esters is 1. The lowest BCUT2D eigenvalue weighted by molar-refractivity contribution is -0.151. The minimum atomic E-state index is -4.53. The van der Waals surface area contributed by atoms with Gasteiger partial charge in [0.05, 0.1) is 27.3 Å². The number of hydrogen-bond donors (Lipinski definition) is 3. The molecule has 1 saturated heterocycles. The van der Waals surface area contributed by atoms with E-state index in [4.69, 9.17) is 16.3 Å². The average molecular weight is 661 g/mol. The number of carbonyl (C=O) groups excluding carboxylic acids is 3. The van der Waals surface area contributed by atoms with Gasteiger partial charge < -0.3 is 24.6 Å². The van der Waals surface area contributed by atoms with E-state index in [0.717, 1.165) is 11.3 Å². The maximum Gasteiger partial charge on any atom is 0.337 e. The molecule has 2 amide bonds. The first-order valence-corrected chi connectivity index (χ1v) is 15.5. The molecule has 2 aromatic heterocycles. The number of ether oxygens (including phenoxy) is 1. The minimum Gasteiger partial charge on any atom is -0.464 e. The number of aliphatic hydroxyl groups excluding tert-OH is 1. The van der Waals surface area contributed by atoms with E-state index >= 15 is 0 Å². The summed E-state index contributed by atoms with van der Waals surface area (Å²) in [7, 11) is -2.96. The van der Waals surface area contributed by atoms with Crippen molar-refractivity contribution in [3.05, 3.63) is 63.3 Å². The van der Waals surface area contributed by atoms with Crippen LogP contribution in [-0.4, -0.2) is 66.7 Å². The molecule has 0 bridgehead atoms. The van der Waals surface area contributed by atoms with Crippen molar-refractivity contribution < 1.29 is 32.6 Å². The Morgan fingerprint density at radius 1 is 1.26 bits per heavy atom. The van der Waals surface area contributed by atoms with Crippen LogP contribution in [0, 0.1) is 0 Å². The Morgan fingerprint density at radius 3 is 2.55 bits per heavy atom. The highest BCUT2D eigenvalue weighted by Crippen LogP contribution is 2.33. The number of aromatic nitrogens is 2. The van der Waals surface area contributed by atoms with Crippen LogP contribution in [0.15, 0.2) is 47.6 Å². The molecule has 4 rings (SSSR count). The van der Waals surface area contributed by atoms with Crippen molar-refractivity contribution in [3.63, 3.8) is 0 Å². The van der Waals surface area contributed by atoms with Crippen LogP contribution in [0.4, 0.5) is 5.69 Å². The Bertz CT molecular complexity index is 1580. The van der Waals surface area contributed by atoms with Crippen molar-refractivity contribution in [1.82, 2.24) is 19.6 Å². The van der Waals surface area contributed by atoms with E-state index in [-0.39, 0.29) is 54.0 Å². The molecule has 0 radical (unpaired) electrons. The zero-order valence-electron chi connectivity index (χ0n) is 23.0. The Balaban J connectivity index is 0.00000484. The molecule has 16 heteroatoms. The van der Waals surface area contributed by atoms with Gasteiger partial charge in [-0.15, -0.1) is 23.7 Å². The van der Waals surface area contributed by atoms with Crippen LogP contribution in [0.25, 0.3) is 0 Å². The largest absolute Gasteiger partial charge is 0.464 e. The molecule has 0 saturated carbocycles. The predicted molar refractivity (Wildman–Crippen MR) is 160 cm³/mol. The number of aliphatic hydroxyl groups is 1. The fourth-order valence-corrected chi connectivity index (χ4v) is 7.34. The van der Waals surface area contributed by atoms with Crippen LogP contribution in [-0.2, 0) is 43.4 Å². The molecular weight excluding hydrogens is 629 g/mol. The number of benzene rings is 1. The molecule has 1 aromatic carbocycles. The summed E-state index contributed by atoms with van der Waals surface area (Å²) in [5.41, 5.74) is -1.51. The minimum absolute atomic E-state index is 0. The van der Waals surface area contributed by atoms with Crippen LogP contribution in [0.3, 0.4) is 0 Å². The maximum atomic E-state index is 14.1. The molecule has 3 N–H and O–H groups in total. The van der Waals surface area contributed by atoms with E-state index in [2.05, 4.69) is 15.0 Å². The molecule has 1 aliphatic heterocycles. The number of carbonyl (C=O) groups is 3. The number of hydrogen-bond acceptors (Lipinski definition) is 9. The lowest BCUT2D eigenvalue weighted by Crippen LogP contribution is -2.60. The molecule has 12 nitrogen and oxygen atoms in total. The van der Waals surface area contributed by atoms with Gasteiger partial charge in [-0.1, -0.05) is 24.6 Å². The average Bonchev–Trinajstić information content (AvgIpc) is 3.66. The second-order valence-electron chi connectivity index (χ2n) is 9.28. The van der Waals surface area contributed by atoms with Gasteiger partial charge in [-0.3, -0.25) is 9.59 Å². The molecule has 1 aliphatic rings. The van der Waals surface area contributed by atoms with Gasteiger partial charge in [0.1, 0.15) is 11.9 Å². The summed E-state index contributed by atoms with van der Waals surface area (Å²) in [5, 5.41) is 12.6. The smallest absolute Gasteiger partial charge is 0.337 e. The monoisotopic (exact) mass is 659 g/mol. The summed E-state index contributed by atoms with van der Waals surface area (Å²) in [5.74, 6) is -2.09. The van der Waals surface area contributed by atoms with Gasteiger partial charge in [-0.25, -0.2) is 18.2 Å². The summed E-state index contributed by atoms with van der Waals surface area (Å²) in [4.78, 5) is 44.8. The summed E-state index contributed by atoms with van der Waals surface area (Å²) in [6.45, 7) is 2.92. The van der Waals surface area contributed by atoms with Crippen molar-refractivity contribution in [2.45, 2.75) is 43.2 Å². The number of thiophene rings is 1. The first-order chi connectivity index (χ1) is 19.4. The molecule has 2 atom stereocenters. The number of aryl methyl sites for hydroxylation is 1. The molecular formula is C26H31Cl2N5O7S2. The van der Waals surface area contributed by atoms with Crippen LogP contribution in [0.5, 0.6) is 0 Å². The summed E-state index contributed by atoms with van der Waals surface area (Å²) >= 11 is 6.99.